The Morgan fingerprint density at radius 3 is 2.76 bits per heavy atom. The van der Waals surface area contributed by atoms with Gasteiger partial charge in [-0.25, -0.2) is 4.98 Å². The Balaban J connectivity index is 2.15. The molecule has 5 nitrogen and oxygen atoms in total. The molecule has 17 heavy (non-hydrogen) atoms. The molecule has 4 N–H and O–H groups in total. The second-order valence-corrected chi connectivity index (χ2v) is 4.40. The van der Waals surface area contributed by atoms with E-state index in [-0.39, 0.29) is 0 Å². The fraction of sp³-hybridized carbons (Fsp3) is 0.500. The van der Waals surface area contributed by atoms with Crippen molar-refractivity contribution in [2.75, 3.05) is 24.5 Å². The maximum Gasteiger partial charge on any atom is 0.252 e. The molecule has 1 amide bonds. The topological polar surface area (TPSA) is 85.2 Å². The molecule has 1 fully saturated rings. The van der Waals surface area contributed by atoms with Crippen LogP contribution in [-0.2, 0) is 0 Å². The summed E-state index contributed by atoms with van der Waals surface area (Å²) in [5.41, 5.74) is 11.5. The number of piperidine rings is 1. The third kappa shape index (κ3) is 2.55. The van der Waals surface area contributed by atoms with Crippen LogP contribution in [0, 0.1) is 5.92 Å². The molecule has 0 spiro atoms. The quantitative estimate of drug-likeness (QED) is 0.790. The average Bonchev–Trinajstić information content (AvgIpc) is 2.39. The van der Waals surface area contributed by atoms with Crippen molar-refractivity contribution in [3.8, 4) is 0 Å². The average molecular weight is 234 g/mol. The molecule has 1 aliphatic heterocycles. The van der Waals surface area contributed by atoms with Gasteiger partial charge in [-0.15, -0.1) is 0 Å². The Morgan fingerprint density at radius 2 is 2.18 bits per heavy atom. The summed E-state index contributed by atoms with van der Waals surface area (Å²) in [4.78, 5) is 17.7. The van der Waals surface area contributed by atoms with Crippen molar-refractivity contribution in [1.29, 1.82) is 0 Å². The molecule has 92 valence electrons. The molecule has 0 saturated carbocycles. The van der Waals surface area contributed by atoms with Gasteiger partial charge in [-0.05, 0) is 37.4 Å². The summed E-state index contributed by atoms with van der Waals surface area (Å²) in [7, 11) is 0. The summed E-state index contributed by atoms with van der Waals surface area (Å²) in [5.74, 6) is 0.872. The number of amides is 1. The lowest BCUT2D eigenvalue weighted by Gasteiger charge is -2.32. The molecule has 0 bridgehead atoms. The second kappa shape index (κ2) is 5.14. The minimum atomic E-state index is -0.422. The highest BCUT2D eigenvalue weighted by Gasteiger charge is 2.22. The number of hydrogen-bond acceptors (Lipinski definition) is 4. The molecule has 1 aliphatic rings. The lowest BCUT2D eigenvalue weighted by molar-refractivity contribution is 0.100. The highest BCUT2D eigenvalue weighted by molar-refractivity contribution is 5.97. The van der Waals surface area contributed by atoms with E-state index in [0.29, 0.717) is 17.3 Å². The van der Waals surface area contributed by atoms with Gasteiger partial charge in [-0.2, -0.15) is 0 Å². The van der Waals surface area contributed by atoms with E-state index in [0.717, 1.165) is 32.5 Å². The van der Waals surface area contributed by atoms with E-state index >= 15 is 0 Å². The zero-order valence-corrected chi connectivity index (χ0v) is 9.80. The number of primary amides is 1. The summed E-state index contributed by atoms with van der Waals surface area (Å²) in [6.45, 7) is 2.51. The van der Waals surface area contributed by atoms with Crippen molar-refractivity contribution in [1.82, 2.24) is 4.98 Å². The maximum absolute atomic E-state index is 11.3. The minimum Gasteiger partial charge on any atom is -0.365 e. The maximum atomic E-state index is 11.3. The van der Waals surface area contributed by atoms with Crippen molar-refractivity contribution in [3.63, 3.8) is 0 Å². The van der Waals surface area contributed by atoms with E-state index in [1.807, 2.05) is 0 Å². The number of hydrogen-bond donors (Lipinski definition) is 2. The normalized spacial score (nSPS) is 17.1. The van der Waals surface area contributed by atoms with Gasteiger partial charge in [-0.1, -0.05) is 0 Å². The van der Waals surface area contributed by atoms with E-state index in [2.05, 4.69) is 9.88 Å². The van der Waals surface area contributed by atoms with E-state index in [4.69, 9.17) is 11.5 Å². The van der Waals surface area contributed by atoms with Crippen LogP contribution in [0.25, 0.3) is 0 Å². The van der Waals surface area contributed by atoms with Gasteiger partial charge in [-0.3, -0.25) is 4.79 Å². The molecule has 1 saturated heterocycles. The summed E-state index contributed by atoms with van der Waals surface area (Å²) < 4.78 is 0. The number of anilines is 1. The molecule has 0 radical (unpaired) electrons. The van der Waals surface area contributed by atoms with E-state index in [9.17, 15) is 4.79 Å². The van der Waals surface area contributed by atoms with Crippen molar-refractivity contribution in [2.24, 2.45) is 17.4 Å². The standard InChI is InChI=1S/C12H18N4O/c13-8-9-3-6-16(7-4-9)12-10(11(14)17)2-1-5-15-12/h1-2,5,9H,3-4,6-8,13H2,(H2,14,17). The monoisotopic (exact) mass is 234 g/mol. The molecular weight excluding hydrogens is 216 g/mol. The largest absolute Gasteiger partial charge is 0.365 e. The zero-order valence-electron chi connectivity index (χ0n) is 9.80. The van der Waals surface area contributed by atoms with Crippen LogP contribution >= 0.6 is 0 Å². The summed E-state index contributed by atoms with van der Waals surface area (Å²) in [6, 6.07) is 3.45. The first kappa shape index (κ1) is 11.9. The smallest absolute Gasteiger partial charge is 0.252 e. The third-order valence-electron chi connectivity index (χ3n) is 3.30. The highest BCUT2D eigenvalue weighted by atomic mass is 16.1. The first-order valence-corrected chi connectivity index (χ1v) is 5.92. The number of nitrogens with zero attached hydrogens (tertiary/aromatic N) is 2. The predicted molar refractivity (Wildman–Crippen MR) is 66.7 cm³/mol. The Bertz CT molecular complexity index is 399. The number of rotatable bonds is 3. The van der Waals surface area contributed by atoms with Crippen molar-refractivity contribution in [3.05, 3.63) is 23.9 Å². The molecule has 5 heteroatoms. The van der Waals surface area contributed by atoms with Gasteiger partial charge >= 0.3 is 0 Å². The third-order valence-corrected chi connectivity index (χ3v) is 3.30. The van der Waals surface area contributed by atoms with Gasteiger partial charge in [0, 0.05) is 19.3 Å². The molecule has 1 aromatic heterocycles. The van der Waals surface area contributed by atoms with Crippen LogP contribution in [0.15, 0.2) is 18.3 Å². The molecule has 0 aliphatic carbocycles. The van der Waals surface area contributed by atoms with Gasteiger partial charge < -0.3 is 16.4 Å². The van der Waals surface area contributed by atoms with Crippen LogP contribution in [0.2, 0.25) is 0 Å². The number of carbonyl (C=O) groups excluding carboxylic acids is 1. The molecular formula is C12H18N4O. The van der Waals surface area contributed by atoms with Gasteiger partial charge in [0.1, 0.15) is 5.82 Å². The van der Waals surface area contributed by atoms with E-state index < -0.39 is 5.91 Å². The number of carbonyl (C=O) groups is 1. The van der Waals surface area contributed by atoms with Crippen molar-refractivity contribution < 1.29 is 4.79 Å². The second-order valence-electron chi connectivity index (χ2n) is 4.40. The minimum absolute atomic E-state index is 0.422. The number of aromatic nitrogens is 1. The van der Waals surface area contributed by atoms with Gasteiger partial charge in [0.25, 0.3) is 5.91 Å². The van der Waals surface area contributed by atoms with Crippen LogP contribution < -0.4 is 16.4 Å². The number of pyridine rings is 1. The molecule has 2 rings (SSSR count). The van der Waals surface area contributed by atoms with Crippen molar-refractivity contribution >= 4 is 11.7 Å². The number of nitrogens with two attached hydrogens (primary N) is 2. The molecule has 0 unspecified atom stereocenters. The van der Waals surface area contributed by atoms with E-state index in [1.54, 1.807) is 18.3 Å². The SMILES string of the molecule is NCC1CCN(c2ncccc2C(N)=O)CC1. The molecule has 2 heterocycles. The Labute approximate surface area is 101 Å². The zero-order chi connectivity index (χ0) is 12.3. The van der Waals surface area contributed by atoms with Gasteiger partial charge in [0.2, 0.25) is 0 Å². The summed E-state index contributed by atoms with van der Waals surface area (Å²) >= 11 is 0. The predicted octanol–water partition coefficient (Wildman–Crippen LogP) is 0.356. The first-order chi connectivity index (χ1) is 8.22. The van der Waals surface area contributed by atoms with Crippen LogP contribution in [0.5, 0.6) is 0 Å². The van der Waals surface area contributed by atoms with Gasteiger partial charge in [0.15, 0.2) is 0 Å². The van der Waals surface area contributed by atoms with Crippen LogP contribution in [0.3, 0.4) is 0 Å². The molecule has 0 aromatic carbocycles. The summed E-state index contributed by atoms with van der Waals surface area (Å²) in [6.07, 6.45) is 3.79. The molecule has 0 atom stereocenters. The fourth-order valence-corrected chi connectivity index (χ4v) is 2.22. The lowest BCUT2D eigenvalue weighted by atomic mass is 9.97. The van der Waals surface area contributed by atoms with E-state index in [1.165, 1.54) is 0 Å². The highest BCUT2D eigenvalue weighted by Crippen LogP contribution is 2.23. The Kier molecular flexibility index (Phi) is 3.58. The van der Waals surface area contributed by atoms with Crippen LogP contribution in [-0.4, -0.2) is 30.5 Å². The fourth-order valence-electron chi connectivity index (χ4n) is 2.22. The lowest BCUT2D eigenvalue weighted by Crippen LogP contribution is -2.37. The Morgan fingerprint density at radius 1 is 1.47 bits per heavy atom. The first-order valence-electron chi connectivity index (χ1n) is 5.92. The van der Waals surface area contributed by atoms with Crippen molar-refractivity contribution in [2.45, 2.75) is 12.8 Å². The van der Waals surface area contributed by atoms with Gasteiger partial charge in [0.05, 0.1) is 5.56 Å². The van der Waals surface area contributed by atoms with Crippen LogP contribution in [0.4, 0.5) is 5.82 Å². The molecule has 1 aromatic rings. The Hall–Kier alpha value is -1.62. The summed E-state index contributed by atoms with van der Waals surface area (Å²) in [5, 5.41) is 0. The van der Waals surface area contributed by atoms with Crippen LogP contribution in [0.1, 0.15) is 23.2 Å².